The standard InChI is InChI=1S/C15H22O4/c1-5-18-12-9-7-11(8-10-12)13(16)15(3,4)14(17)19-6-2/h7-10,13,16H,5-6H2,1-4H3. The maximum Gasteiger partial charge on any atom is 0.314 e. The third-order valence-electron chi connectivity index (χ3n) is 2.99. The summed E-state index contributed by atoms with van der Waals surface area (Å²) >= 11 is 0. The molecule has 0 aromatic heterocycles. The number of benzene rings is 1. The van der Waals surface area contributed by atoms with Crippen LogP contribution in [0.25, 0.3) is 0 Å². The number of hydrogen-bond donors (Lipinski definition) is 1. The first kappa shape index (κ1) is 15.5. The smallest absolute Gasteiger partial charge is 0.314 e. The molecule has 4 heteroatoms. The molecule has 0 spiro atoms. The third kappa shape index (κ3) is 3.70. The molecule has 1 N–H and O–H groups in total. The first-order valence-electron chi connectivity index (χ1n) is 6.51. The minimum absolute atomic E-state index is 0.304. The highest BCUT2D eigenvalue weighted by Gasteiger charge is 2.38. The first-order valence-corrected chi connectivity index (χ1v) is 6.51. The molecule has 0 radical (unpaired) electrons. The van der Waals surface area contributed by atoms with Crippen molar-refractivity contribution >= 4 is 5.97 Å². The molecule has 0 fully saturated rings. The van der Waals surface area contributed by atoms with Crippen LogP contribution in [0.15, 0.2) is 24.3 Å². The summed E-state index contributed by atoms with van der Waals surface area (Å²) in [5.74, 6) is 0.337. The quantitative estimate of drug-likeness (QED) is 0.804. The fourth-order valence-electron chi connectivity index (χ4n) is 1.76. The van der Waals surface area contributed by atoms with Gasteiger partial charge in [-0.1, -0.05) is 12.1 Å². The Balaban J connectivity index is 2.86. The van der Waals surface area contributed by atoms with E-state index in [2.05, 4.69) is 0 Å². The van der Waals surface area contributed by atoms with Crippen molar-refractivity contribution in [2.75, 3.05) is 13.2 Å². The van der Waals surface area contributed by atoms with Crippen molar-refractivity contribution in [3.05, 3.63) is 29.8 Å². The fourth-order valence-corrected chi connectivity index (χ4v) is 1.76. The van der Waals surface area contributed by atoms with E-state index in [1.165, 1.54) is 0 Å². The molecule has 19 heavy (non-hydrogen) atoms. The van der Waals surface area contributed by atoms with E-state index < -0.39 is 17.5 Å². The molecule has 0 bridgehead atoms. The number of hydrogen-bond acceptors (Lipinski definition) is 4. The maximum absolute atomic E-state index is 11.8. The van der Waals surface area contributed by atoms with E-state index in [-0.39, 0.29) is 0 Å². The lowest BCUT2D eigenvalue weighted by Gasteiger charge is -2.28. The Morgan fingerprint density at radius 2 is 1.79 bits per heavy atom. The number of aliphatic hydroxyl groups excluding tert-OH is 1. The minimum atomic E-state index is -0.983. The molecular formula is C15H22O4. The Labute approximate surface area is 114 Å². The molecule has 1 rings (SSSR count). The second-order valence-corrected chi connectivity index (χ2v) is 4.85. The minimum Gasteiger partial charge on any atom is -0.494 e. The summed E-state index contributed by atoms with van der Waals surface area (Å²) in [7, 11) is 0. The molecule has 1 atom stereocenters. The second-order valence-electron chi connectivity index (χ2n) is 4.85. The molecule has 0 amide bonds. The summed E-state index contributed by atoms with van der Waals surface area (Å²) in [5.41, 5.74) is -0.315. The predicted molar refractivity (Wildman–Crippen MR) is 73.0 cm³/mol. The molecular weight excluding hydrogens is 244 g/mol. The SMILES string of the molecule is CCOC(=O)C(C)(C)C(O)c1ccc(OCC)cc1. The Kier molecular flexibility index (Phi) is 5.36. The lowest BCUT2D eigenvalue weighted by atomic mass is 9.82. The van der Waals surface area contributed by atoms with Crippen LogP contribution in [0.2, 0.25) is 0 Å². The monoisotopic (exact) mass is 266 g/mol. The second kappa shape index (κ2) is 6.57. The molecule has 0 aliphatic carbocycles. The van der Waals surface area contributed by atoms with Crippen molar-refractivity contribution in [2.24, 2.45) is 5.41 Å². The Morgan fingerprint density at radius 1 is 1.21 bits per heavy atom. The van der Waals surface area contributed by atoms with Crippen molar-refractivity contribution in [3.8, 4) is 5.75 Å². The molecule has 0 heterocycles. The average Bonchev–Trinajstić information content (AvgIpc) is 2.39. The van der Waals surface area contributed by atoms with E-state index in [4.69, 9.17) is 9.47 Å². The van der Waals surface area contributed by atoms with Crippen LogP contribution in [0.5, 0.6) is 5.75 Å². The van der Waals surface area contributed by atoms with Crippen molar-refractivity contribution in [1.29, 1.82) is 0 Å². The number of esters is 1. The van der Waals surface area contributed by atoms with Crippen LogP contribution in [0.1, 0.15) is 39.4 Å². The Hall–Kier alpha value is -1.55. The van der Waals surface area contributed by atoms with Crippen LogP contribution in [0.4, 0.5) is 0 Å². The van der Waals surface area contributed by atoms with Crippen molar-refractivity contribution < 1.29 is 19.4 Å². The number of carbonyl (C=O) groups is 1. The lowest BCUT2D eigenvalue weighted by Crippen LogP contribution is -2.33. The zero-order valence-electron chi connectivity index (χ0n) is 12.0. The topological polar surface area (TPSA) is 55.8 Å². The van der Waals surface area contributed by atoms with Gasteiger partial charge in [0.2, 0.25) is 0 Å². The highest BCUT2D eigenvalue weighted by atomic mass is 16.5. The van der Waals surface area contributed by atoms with Gasteiger partial charge in [0.05, 0.1) is 24.7 Å². The van der Waals surface area contributed by atoms with Crippen LogP contribution >= 0.6 is 0 Å². The van der Waals surface area contributed by atoms with E-state index in [9.17, 15) is 9.90 Å². The Bertz CT molecular complexity index is 409. The molecule has 106 valence electrons. The van der Waals surface area contributed by atoms with Gasteiger partial charge in [0.1, 0.15) is 5.75 Å². The van der Waals surface area contributed by atoms with Gasteiger partial charge in [0, 0.05) is 0 Å². The third-order valence-corrected chi connectivity index (χ3v) is 2.99. The van der Waals surface area contributed by atoms with E-state index in [0.29, 0.717) is 18.8 Å². The molecule has 4 nitrogen and oxygen atoms in total. The molecule has 1 aromatic rings. The molecule has 1 aromatic carbocycles. The van der Waals surface area contributed by atoms with Crippen LogP contribution in [0.3, 0.4) is 0 Å². The van der Waals surface area contributed by atoms with Crippen LogP contribution in [-0.2, 0) is 9.53 Å². The van der Waals surface area contributed by atoms with Gasteiger partial charge in [-0.3, -0.25) is 4.79 Å². The van der Waals surface area contributed by atoms with E-state index in [0.717, 1.165) is 5.75 Å². The van der Waals surface area contributed by atoms with Gasteiger partial charge < -0.3 is 14.6 Å². The van der Waals surface area contributed by atoms with Gasteiger partial charge in [-0.2, -0.15) is 0 Å². The highest BCUT2D eigenvalue weighted by Crippen LogP contribution is 2.35. The van der Waals surface area contributed by atoms with Crippen LogP contribution in [-0.4, -0.2) is 24.3 Å². The number of ether oxygens (including phenoxy) is 2. The summed E-state index contributed by atoms with van der Waals surface area (Å²) in [4.78, 5) is 11.8. The fraction of sp³-hybridized carbons (Fsp3) is 0.533. The first-order chi connectivity index (χ1) is 8.93. The van der Waals surface area contributed by atoms with E-state index in [1.807, 2.05) is 6.92 Å². The predicted octanol–water partition coefficient (Wildman–Crippen LogP) is 2.71. The molecule has 0 saturated carbocycles. The van der Waals surface area contributed by atoms with Crippen molar-refractivity contribution in [3.63, 3.8) is 0 Å². The van der Waals surface area contributed by atoms with Gasteiger partial charge in [-0.15, -0.1) is 0 Å². The zero-order valence-corrected chi connectivity index (χ0v) is 12.0. The summed E-state index contributed by atoms with van der Waals surface area (Å²) < 4.78 is 10.3. The van der Waals surface area contributed by atoms with E-state index in [1.54, 1.807) is 45.0 Å². The summed E-state index contributed by atoms with van der Waals surface area (Å²) in [6.07, 6.45) is -0.915. The number of aliphatic hydroxyl groups is 1. The molecule has 1 unspecified atom stereocenters. The van der Waals surface area contributed by atoms with Gasteiger partial charge in [-0.25, -0.2) is 0 Å². The maximum atomic E-state index is 11.8. The zero-order chi connectivity index (χ0) is 14.5. The number of carbonyl (C=O) groups excluding carboxylic acids is 1. The largest absolute Gasteiger partial charge is 0.494 e. The lowest BCUT2D eigenvalue weighted by molar-refractivity contribution is -0.160. The van der Waals surface area contributed by atoms with Crippen LogP contribution in [0, 0.1) is 5.41 Å². The normalized spacial score (nSPS) is 12.9. The van der Waals surface area contributed by atoms with Gasteiger partial charge >= 0.3 is 5.97 Å². The summed E-state index contributed by atoms with van der Waals surface area (Å²) in [5, 5.41) is 10.3. The van der Waals surface area contributed by atoms with Gasteiger partial charge in [0.15, 0.2) is 0 Å². The summed E-state index contributed by atoms with van der Waals surface area (Å²) in [6.45, 7) is 7.90. The molecule has 0 aliphatic rings. The van der Waals surface area contributed by atoms with E-state index >= 15 is 0 Å². The highest BCUT2D eigenvalue weighted by molar-refractivity contribution is 5.77. The summed E-state index contributed by atoms with van der Waals surface area (Å²) in [6, 6.07) is 7.08. The Morgan fingerprint density at radius 3 is 2.26 bits per heavy atom. The van der Waals surface area contributed by atoms with Crippen molar-refractivity contribution in [1.82, 2.24) is 0 Å². The van der Waals surface area contributed by atoms with Gasteiger partial charge in [-0.05, 0) is 45.4 Å². The molecule has 0 aliphatic heterocycles. The van der Waals surface area contributed by atoms with Crippen LogP contribution < -0.4 is 4.74 Å². The van der Waals surface area contributed by atoms with Crippen molar-refractivity contribution in [2.45, 2.75) is 33.8 Å². The number of rotatable bonds is 6. The van der Waals surface area contributed by atoms with Gasteiger partial charge in [0.25, 0.3) is 0 Å². The average molecular weight is 266 g/mol. The molecule has 0 saturated heterocycles.